The molecule has 0 aromatic heterocycles. The normalized spacial score (nSPS) is 30.2. The van der Waals surface area contributed by atoms with Crippen LogP contribution in [-0.4, -0.2) is 34.6 Å². The van der Waals surface area contributed by atoms with Gasteiger partial charge >= 0.3 is 5.97 Å². The lowest BCUT2D eigenvalue weighted by Crippen LogP contribution is -2.44. The summed E-state index contributed by atoms with van der Waals surface area (Å²) in [6.07, 6.45) is 0. The van der Waals surface area contributed by atoms with Crippen LogP contribution >= 0.6 is 11.8 Å². The highest BCUT2D eigenvalue weighted by atomic mass is 32.2. The van der Waals surface area contributed by atoms with Crippen LogP contribution in [0.1, 0.15) is 5.56 Å². The van der Waals surface area contributed by atoms with E-state index < -0.39 is 16.9 Å². The van der Waals surface area contributed by atoms with E-state index in [1.54, 1.807) is 18.2 Å². The van der Waals surface area contributed by atoms with Crippen molar-refractivity contribution in [3.8, 4) is 11.5 Å². The first-order valence-corrected chi connectivity index (χ1v) is 6.20. The van der Waals surface area contributed by atoms with E-state index in [-0.39, 0.29) is 5.75 Å². The number of thioether (sulfide) groups is 1. The lowest BCUT2D eigenvalue weighted by atomic mass is 10.1. The Morgan fingerprint density at radius 1 is 1.59 bits per heavy atom. The molecule has 1 aromatic rings. The third-order valence-corrected chi connectivity index (χ3v) is 4.48. The van der Waals surface area contributed by atoms with Crippen molar-refractivity contribution in [2.45, 2.75) is 10.9 Å². The van der Waals surface area contributed by atoms with E-state index in [0.717, 1.165) is 5.56 Å². The van der Waals surface area contributed by atoms with Crippen LogP contribution in [-0.2, 0) is 9.67 Å². The molecule has 0 bridgehead atoms. The number of carboxylic acid groups (broad SMARTS) is 1. The van der Waals surface area contributed by atoms with Crippen LogP contribution in [0.3, 0.4) is 0 Å². The Hall–Kier alpha value is -1.40. The minimum atomic E-state index is -0.846. The molecule has 1 spiro atoms. The number of aliphatic carboxylic acids is 1. The summed E-state index contributed by atoms with van der Waals surface area (Å²) in [5.41, 5.74) is 0.907. The van der Waals surface area contributed by atoms with E-state index in [9.17, 15) is 9.90 Å². The fourth-order valence-corrected chi connectivity index (χ4v) is 3.55. The van der Waals surface area contributed by atoms with Crippen molar-refractivity contribution in [2.75, 3.05) is 12.4 Å². The Bertz CT molecular complexity index is 492. The van der Waals surface area contributed by atoms with E-state index in [0.29, 0.717) is 18.1 Å². The van der Waals surface area contributed by atoms with Gasteiger partial charge in [0.2, 0.25) is 0 Å². The van der Waals surface area contributed by atoms with Gasteiger partial charge in [-0.1, -0.05) is 0 Å². The molecule has 6 heteroatoms. The van der Waals surface area contributed by atoms with Crippen molar-refractivity contribution in [3.63, 3.8) is 0 Å². The monoisotopic (exact) mass is 253 g/mol. The molecule has 1 saturated heterocycles. The van der Waals surface area contributed by atoms with Gasteiger partial charge in [-0.2, -0.15) is 0 Å². The molecule has 17 heavy (non-hydrogen) atoms. The quantitative estimate of drug-likeness (QED) is 0.684. The number of aromatic hydroxyl groups is 1. The van der Waals surface area contributed by atoms with Gasteiger partial charge in [-0.05, 0) is 12.1 Å². The number of phenolic OH excluding ortho intramolecular Hbond substituents is 1. The Kier molecular flexibility index (Phi) is 2.24. The maximum absolute atomic E-state index is 11.0. The van der Waals surface area contributed by atoms with Crippen LogP contribution < -0.4 is 10.1 Å². The first-order valence-electron chi connectivity index (χ1n) is 5.21. The number of hydrogen-bond acceptors (Lipinski definition) is 5. The third kappa shape index (κ3) is 1.56. The average Bonchev–Trinajstić information content (AvgIpc) is 2.86. The molecular weight excluding hydrogens is 242 g/mol. The van der Waals surface area contributed by atoms with Crippen molar-refractivity contribution < 1.29 is 19.7 Å². The maximum atomic E-state index is 11.0. The van der Waals surface area contributed by atoms with Crippen molar-refractivity contribution >= 4 is 17.7 Å². The number of phenols is 1. The van der Waals surface area contributed by atoms with Crippen LogP contribution in [0.5, 0.6) is 11.5 Å². The minimum Gasteiger partial charge on any atom is -0.508 e. The van der Waals surface area contributed by atoms with Gasteiger partial charge in [-0.15, -0.1) is 11.8 Å². The lowest BCUT2D eigenvalue weighted by molar-refractivity contribution is -0.138. The SMILES string of the molecule is O=C(O)[C@@H]1CSC2(COc3cc(O)ccc32)N1. The molecule has 1 fully saturated rings. The number of hydrogen-bond donors (Lipinski definition) is 3. The van der Waals surface area contributed by atoms with Crippen LogP contribution in [0.25, 0.3) is 0 Å². The summed E-state index contributed by atoms with van der Waals surface area (Å²) in [6.45, 7) is 0.389. The molecule has 2 aliphatic heterocycles. The van der Waals surface area contributed by atoms with Crippen molar-refractivity contribution in [1.29, 1.82) is 0 Å². The highest BCUT2D eigenvalue weighted by Crippen LogP contribution is 2.48. The van der Waals surface area contributed by atoms with E-state index in [1.807, 2.05) is 0 Å². The van der Waals surface area contributed by atoms with Gasteiger partial charge in [0.15, 0.2) is 0 Å². The molecule has 3 rings (SSSR count). The van der Waals surface area contributed by atoms with E-state index in [2.05, 4.69) is 5.32 Å². The molecule has 0 aliphatic carbocycles. The minimum absolute atomic E-state index is 0.151. The smallest absolute Gasteiger partial charge is 0.321 e. The number of benzene rings is 1. The molecular formula is C11H11NO4S. The summed E-state index contributed by atoms with van der Waals surface area (Å²) in [4.78, 5) is 10.5. The highest BCUT2D eigenvalue weighted by Gasteiger charge is 2.48. The van der Waals surface area contributed by atoms with Gasteiger partial charge in [-0.25, -0.2) is 0 Å². The number of fused-ring (bicyclic) bond motifs is 2. The molecule has 0 radical (unpaired) electrons. The van der Waals surface area contributed by atoms with E-state index in [1.165, 1.54) is 11.8 Å². The molecule has 90 valence electrons. The summed E-state index contributed by atoms with van der Waals surface area (Å²) in [5, 5.41) is 21.5. The summed E-state index contributed by atoms with van der Waals surface area (Å²) >= 11 is 1.54. The van der Waals surface area contributed by atoms with Gasteiger partial charge in [0.05, 0.1) is 0 Å². The summed E-state index contributed by atoms with van der Waals surface area (Å²) in [5.74, 6) is 0.440. The van der Waals surface area contributed by atoms with Crippen molar-refractivity contribution in [3.05, 3.63) is 23.8 Å². The van der Waals surface area contributed by atoms with E-state index >= 15 is 0 Å². The number of nitrogens with one attached hydrogen (secondary N) is 1. The number of carbonyl (C=O) groups is 1. The number of ether oxygens (including phenoxy) is 1. The molecule has 2 atom stereocenters. The predicted molar refractivity (Wildman–Crippen MR) is 62.3 cm³/mol. The molecule has 5 nitrogen and oxygen atoms in total. The first kappa shape index (κ1) is 10.7. The van der Waals surface area contributed by atoms with Gasteiger partial charge in [0.1, 0.15) is 29.0 Å². The fourth-order valence-electron chi connectivity index (χ4n) is 2.18. The summed E-state index contributed by atoms with van der Waals surface area (Å²) in [6, 6.07) is 4.37. The predicted octanol–water partition coefficient (Wildman–Crippen LogP) is 0.727. The topological polar surface area (TPSA) is 78.8 Å². The fraction of sp³-hybridized carbons (Fsp3) is 0.364. The maximum Gasteiger partial charge on any atom is 0.321 e. The number of rotatable bonds is 1. The van der Waals surface area contributed by atoms with Gasteiger partial charge in [0.25, 0.3) is 0 Å². The standard InChI is InChI=1S/C11H11NO4S/c13-6-1-2-7-9(3-6)16-5-11(7)12-8(4-17-11)10(14)15/h1-3,8,12-13H,4-5H2,(H,14,15)/t8-,11?/m0/s1. The van der Waals surface area contributed by atoms with Gasteiger partial charge in [-0.3, -0.25) is 10.1 Å². The Labute approximate surface area is 102 Å². The molecule has 1 aromatic carbocycles. The average molecular weight is 253 g/mol. The Morgan fingerprint density at radius 2 is 2.41 bits per heavy atom. The number of carboxylic acids is 1. The summed E-state index contributed by atoms with van der Waals surface area (Å²) < 4.78 is 5.51. The lowest BCUT2D eigenvalue weighted by Gasteiger charge is -2.21. The van der Waals surface area contributed by atoms with Crippen LogP contribution in [0.2, 0.25) is 0 Å². The van der Waals surface area contributed by atoms with E-state index in [4.69, 9.17) is 9.84 Å². The summed E-state index contributed by atoms with van der Waals surface area (Å²) in [7, 11) is 0. The van der Waals surface area contributed by atoms with Crippen LogP contribution in [0.15, 0.2) is 18.2 Å². The second-order valence-electron chi connectivity index (χ2n) is 4.14. The Balaban J connectivity index is 1.96. The van der Waals surface area contributed by atoms with Gasteiger partial charge < -0.3 is 14.9 Å². The van der Waals surface area contributed by atoms with Crippen LogP contribution in [0, 0.1) is 0 Å². The third-order valence-electron chi connectivity index (χ3n) is 3.03. The largest absolute Gasteiger partial charge is 0.508 e. The highest BCUT2D eigenvalue weighted by molar-refractivity contribution is 8.00. The zero-order valence-electron chi connectivity index (χ0n) is 8.84. The molecule has 0 saturated carbocycles. The molecule has 3 N–H and O–H groups in total. The van der Waals surface area contributed by atoms with Gasteiger partial charge in [0, 0.05) is 17.4 Å². The zero-order chi connectivity index (χ0) is 12.0. The zero-order valence-corrected chi connectivity index (χ0v) is 9.66. The van der Waals surface area contributed by atoms with Crippen molar-refractivity contribution in [1.82, 2.24) is 5.32 Å². The molecule has 2 heterocycles. The Morgan fingerprint density at radius 3 is 3.12 bits per heavy atom. The molecule has 1 unspecified atom stereocenters. The second-order valence-corrected chi connectivity index (χ2v) is 5.46. The van der Waals surface area contributed by atoms with Crippen molar-refractivity contribution in [2.24, 2.45) is 0 Å². The second kappa shape index (κ2) is 3.54. The molecule has 0 amide bonds. The van der Waals surface area contributed by atoms with Crippen LogP contribution in [0.4, 0.5) is 0 Å². The first-order chi connectivity index (χ1) is 8.11. The molecule has 2 aliphatic rings.